The van der Waals surface area contributed by atoms with Gasteiger partial charge in [0, 0.05) is 20.2 Å². The van der Waals surface area contributed by atoms with Crippen LogP contribution in [0.15, 0.2) is 0 Å². The smallest absolute Gasteiger partial charge is 0.383 e. The van der Waals surface area contributed by atoms with E-state index in [-0.39, 0.29) is 25.6 Å². The quantitative estimate of drug-likeness (QED) is 0.715. The summed E-state index contributed by atoms with van der Waals surface area (Å²) in [6.45, 7) is 3.66. The maximum absolute atomic E-state index is 12.1. The van der Waals surface area contributed by atoms with Crippen molar-refractivity contribution in [2.24, 2.45) is 5.92 Å². The van der Waals surface area contributed by atoms with Crippen molar-refractivity contribution in [1.82, 2.24) is 4.90 Å². The van der Waals surface area contributed by atoms with Gasteiger partial charge < -0.3 is 9.64 Å². The van der Waals surface area contributed by atoms with Crippen molar-refractivity contribution in [3.8, 4) is 0 Å². The van der Waals surface area contributed by atoms with Crippen LogP contribution < -0.4 is 0 Å². The summed E-state index contributed by atoms with van der Waals surface area (Å²) in [7, 11) is 1.38. The third-order valence-corrected chi connectivity index (χ3v) is 1.68. The molecule has 0 radical (unpaired) electrons. The van der Waals surface area contributed by atoms with Gasteiger partial charge in [-0.3, -0.25) is 4.79 Å². The van der Waals surface area contributed by atoms with Crippen molar-refractivity contribution in [3.63, 3.8) is 0 Å². The maximum atomic E-state index is 12.1. The van der Waals surface area contributed by atoms with Gasteiger partial charge in [-0.15, -0.1) is 0 Å². The monoisotopic (exact) mass is 227 g/mol. The van der Waals surface area contributed by atoms with Crippen molar-refractivity contribution in [1.29, 1.82) is 0 Å². The minimum Gasteiger partial charge on any atom is -0.383 e. The molecular weight excluding hydrogens is 211 g/mol. The number of rotatable bonds is 5. The van der Waals surface area contributed by atoms with E-state index in [4.69, 9.17) is 0 Å². The molecule has 6 heteroatoms. The van der Waals surface area contributed by atoms with Crippen LogP contribution in [-0.2, 0) is 9.53 Å². The van der Waals surface area contributed by atoms with E-state index in [0.717, 1.165) is 4.90 Å². The van der Waals surface area contributed by atoms with Gasteiger partial charge in [0.1, 0.15) is 0 Å². The Labute approximate surface area is 87.2 Å². The molecule has 0 aliphatic rings. The molecule has 0 rings (SSSR count). The Kier molecular flexibility index (Phi) is 5.64. The number of carbonyl (C=O) groups is 1. The molecule has 0 aromatic heterocycles. The number of alkyl halides is 3. The van der Waals surface area contributed by atoms with Crippen molar-refractivity contribution in [2.75, 3.05) is 26.8 Å². The standard InChI is InChI=1S/C9H16F3NO2/c1-7(2)6-13(4-5-15-3)8(14)9(10,11)12/h7H,4-6H2,1-3H3. The molecule has 0 saturated heterocycles. The number of hydrogen-bond donors (Lipinski definition) is 0. The summed E-state index contributed by atoms with van der Waals surface area (Å²) in [4.78, 5) is 11.7. The molecular formula is C9H16F3NO2. The van der Waals surface area contributed by atoms with Crippen LogP contribution in [0.25, 0.3) is 0 Å². The molecule has 0 unspecified atom stereocenters. The van der Waals surface area contributed by atoms with Gasteiger partial charge in [-0.2, -0.15) is 13.2 Å². The summed E-state index contributed by atoms with van der Waals surface area (Å²) in [5.74, 6) is -1.80. The first-order valence-electron chi connectivity index (χ1n) is 4.64. The van der Waals surface area contributed by atoms with Crippen molar-refractivity contribution >= 4 is 5.91 Å². The van der Waals surface area contributed by atoms with Crippen LogP contribution in [0, 0.1) is 5.92 Å². The highest BCUT2D eigenvalue weighted by Gasteiger charge is 2.42. The summed E-state index contributed by atoms with van der Waals surface area (Å²) in [6.07, 6.45) is -4.80. The van der Waals surface area contributed by atoms with Crippen LogP contribution >= 0.6 is 0 Å². The fourth-order valence-electron chi connectivity index (χ4n) is 1.10. The van der Waals surface area contributed by atoms with E-state index in [1.54, 1.807) is 13.8 Å². The Morgan fingerprint density at radius 1 is 1.40 bits per heavy atom. The van der Waals surface area contributed by atoms with Crippen molar-refractivity contribution in [2.45, 2.75) is 20.0 Å². The molecule has 0 saturated carbocycles. The van der Waals surface area contributed by atoms with E-state index in [1.165, 1.54) is 7.11 Å². The fourth-order valence-corrected chi connectivity index (χ4v) is 1.10. The predicted molar refractivity (Wildman–Crippen MR) is 49.3 cm³/mol. The second-order valence-corrected chi connectivity index (χ2v) is 3.64. The second-order valence-electron chi connectivity index (χ2n) is 3.64. The minimum atomic E-state index is -4.80. The highest BCUT2D eigenvalue weighted by Crippen LogP contribution is 2.19. The van der Waals surface area contributed by atoms with Gasteiger partial charge in [-0.05, 0) is 5.92 Å². The molecule has 90 valence electrons. The molecule has 0 fully saturated rings. The summed E-state index contributed by atoms with van der Waals surface area (Å²) >= 11 is 0. The molecule has 0 spiro atoms. The Bertz CT molecular complexity index is 204. The van der Waals surface area contributed by atoms with Crippen LogP contribution in [-0.4, -0.2) is 43.8 Å². The number of amides is 1. The number of methoxy groups -OCH3 is 1. The van der Waals surface area contributed by atoms with E-state index < -0.39 is 12.1 Å². The third kappa shape index (κ3) is 5.61. The summed E-state index contributed by atoms with van der Waals surface area (Å²) < 4.78 is 41.1. The second kappa shape index (κ2) is 5.95. The Balaban J connectivity index is 4.41. The van der Waals surface area contributed by atoms with Gasteiger partial charge >= 0.3 is 12.1 Å². The third-order valence-electron chi connectivity index (χ3n) is 1.68. The van der Waals surface area contributed by atoms with Crippen molar-refractivity contribution < 1.29 is 22.7 Å². The average molecular weight is 227 g/mol. The van der Waals surface area contributed by atoms with Crippen molar-refractivity contribution in [3.05, 3.63) is 0 Å². The van der Waals surface area contributed by atoms with Gasteiger partial charge in [0.15, 0.2) is 0 Å². The summed E-state index contributed by atoms with van der Waals surface area (Å²) in [5, 5.41) is 0. The van der Waals surface area contributed by atoms with Crippen LogP contribution in [0.1, 0.15) is 13.8 Å². The largest absolute Gasteiger partial charge is 0.471 e. The number of halogens is 3. The van der Waals surface area contributed by atoms with Gasteiger partial charge in [-0.25, -0.2) is 0 Å². The Morgan fingerprint density at radius 3 is 2.27 bits per heavy atom. The molecule has 0 heterocycles. The van der Waals surface area contributed by atoms with Gasteiger partial charge in [0.05, 0.1) is 6.61 Å². The first-order chi connectivity index (χ1) is 6.79. The zero-order chi connectivity index (χ0) is 12.1. The zero-order valence-electron chi connectivity index (χ0n) is 9.10. The Hall–Kier alpha value is -0.780. The summed E-state index contributed by atoms with van der Waals surface area (Å²) in [5.41, 5.74) is 0. The molecule has 0 aliphatic heterocycles. The molecule has 1 amide bonds. The normalized spacial score (nSPS) is 11.9. The van der Waals surface area contributed by atoms with Gasteiger partial charge in [0.25, 0.3) is 0 Å². The lowest BCUT2D eigenvalue weighted by Crippen LogP contribution is -2.44. The van der Waals surface area contributed by atoms with Crippen LogP contribution in [0.3, 0.4) is 0 Å². The molecule has 3 nitrogen and oxygen atoms in total. The van der Waals surface area contributed by atoms with Crippen LogP contribution in [0.2, 0.25) is 0 Å². The lowest BCUT2D eigenvalue weighted by atomic mass is 10.2. The number of ether oxygens (including phenoxy) is 1. The number of hydrogen-bond acceptors (Lipinski definition) is 2. The Morgan fingerprint density at radius 2 is 1.93 bits per heavy atom. The lowest BCUT2D eigenvalue weighted by Gasteiger charge is -2.25. The predicted octanol–water partition coefficient (Wildman–Crippen LogP) is 1.68. The van der Waals surface area contributed by atoms with Gasteiger partial charge in [0.2, 0.25) is 0 Å². The lowest BCUT2D eigenvalue weighted by molar-refractivity contribution is -0.186. The fraction of sp³-hybridized carbons (Fsp3) is 0.889. The maximum Gasteiger partial charge on any atom is 0.471 e. The first kappa shape index (κ1) is 14.2. The molecule has 0 aromatic rings. The van der Waals surface area contributed by atoms with E-state index in [2.05, 4.69) is 4.74 Å². The first-order valence-corrected chi connectivity index (χ1v) is 4.64. The molecule has 0 aliphatic carbocycles. The molecule has 0 bridgehead atoms. The van der Waals surface area contributed by atoms with Crippen LogP contribution in [0.5, 0.6) is 0 Å². The van der Waals surface area contributed by atoms with E-state index >= 15 is 0 Å². The average Bonchev–Trinajstić information content (AvgIpc) is 2.09. The van der Waals surface area contributed by atoms with E-state index in [0.29, 0.717) is 0 Å². The topological polar surface area (TPSA) is 29.5 Å². The van der Waals surface area contributed by atoms with Crippen LogP contribution in [0.4, 0.5) is 13.2 Å². The van der Waals surface area contributed by atoms with E-state index in [1.807, 2.05) is 0 Å². The van der Waals surface area contributed by atoms with E-state index in [9.17, 15) is 18.0 Å². The SMILES string of the molecule is COCCN(CC(C)C)C(=O)C(F)(F)F. The zero-order valence-corrected chi connectivity index (χ0v) is 9.10. The highest BCUT2D eigenvalue weighted by molar-refractivity contribution is 5.81. The molecule has 15 heavy (non-hydrogen) atoms. The van der Waals surface area contributed by atoms with Gasteiger partial charge in [-0.1, -0.05) is 13.8 Å². The minimum absolute atomic E-state index is 0.00634. The number of nitrogens with zero attached hydrogens (tertiary/aromatic N) is 1. The molecule has 0 N–H and O–H groups in total. The highest BCUT2D eigenvalue weighted by atomic mass is 19.4. The molecule has 0 aromatic carbocycles. The summed E-state index contributed by atoms with van der Waals surface area (Å²) in [6, 6.07) is 0. The molecule has 0 atom stereocenters. The number of carbonyl (C=O) groups excluding carboxylic acids is 1.